The van der Waals surface area contributed by atoms with Crippen molar-refractivity contribution < 1.29 is 4.74 Å². The molecule has 2 rings (SSSR count). The van der Waals surface area contributed by atoms with Crippen LogP contribution in [0.2, 0.25) is 0 Å². The molecule has 0 atom stereocenters. The number of aryl methyl sites for hydroxylation is 1. The largest absolute Gasteiger partial charge is 0.479 e. The number of nitriles is 1. The molecule has 0 aliphatic carbocycles. The Kier molecular flexibility index (Phi) is 4.41. The minimum absolute atomic E-state index is 0.0841. The van der Waals surface area contributed by atoms with Crippen LogP contribution in [0.4, 0.5) is 5.69 Å². The fraction of sp³-hybridized carbons (Fsp3) is 0.188. The lowest BCUT2D eigenvalue weighted by Crippen LogP contribution is -2.01. The van der Waals surface area contributed by atoms with Crippen LogP contribution in [-0.4, -0.2) is 6.61 Å². The number of hydrogen-bond donors (Lipinski definition) is 1. The van der Waals surface area contributed by atoms with E-state index in [0.29, 0.717) is 0 Å². The third-order valence-corrected chi connectivity index (χ3v) is 2.85. The Morgan fingerprint density at radius 1 is 1.11 bits per heavy atom. The fourth-order valence-electron chi connectivity index (χ4n) is 1.79. The van der Waals surface area contributed by atoms with E-state index in [2.05, 4.69) is 24.4 Å². The number of benzene rings is 2. The monoisotopic (exact) mass is 252 g/mol. The summed E-state index contributed by atoms with van der Waals surface area (Å²) in [6, 6.07) is 17.9. The van der Waals surface area contributed by atoms with Crippen LogP contribution in [0.1, 0.15) is 11.1 Å². The van der Waals surface area contributed by atoms with Gasteiger partial charge in [0.15, 0.2) is 6.61 Å². The quantitative estimate of drug-likeness (QED) is 0.885. The van der Waals surface area contributed by atoms with Crippen LogP contribution in [0.5, 0.6) is 5.75 Å². The standard InChI is InChI=1S/C16H16N2O/c1-13-4-2-3-5-16(13)18-12-14-6-8-15(9-7-14)19-11-10-17/h2-9,18H,11-12H2,1H3. The molecule has 0 spiro atoms. The minimum Gasteiger partial charge on any atom is -0.479 e. The second-order valence-corrected chi connectivity index (χ2v) is 4.26. The summed E-state index contributed by atoms with van der Waals surface area (Å²) in [6.45, 7) is 2.94. The molecule has 0 unspecified atom stereocenters. The van der Waals surface area contributed by atoms with Gasteiger partial charge in [-0.15, -0.1) is 0 Å². The summed E-state index contributed by atoms with van der Waals surface area (Å²) >= 11 is 0. The highest BCUT2D eigenvalue weighted by Gasteiger charge is 1.98. The van der Waals surface area contributed by atoms with Crippen molar-refractivity contribution in [3.8, 4) is 11.8 Å². The van der Waals surface area contributed by atoms with E-state index in [0.717, 1.165) is 18.0 Å². The maximum atomic E-state index is 8.43. The third kappa shape index (κ3) is 3.75. The Hall–Kier alpha value is -2.47. The molecule has 0 aliphatic rings. The Labute approximate surface area is 113 Å². The van der Waals surface area contributed by atoms with Crippen molar-refractivity contribution in [2.24, 2.45) is 0 Å². The minimum atomic E-state index is 0.0841. The summed E-state index contributed by atoms with van der Waals surface area (Å²) in [4.78, 5) is 0. The molecule has 1 N–H and O–H groups in total. The van der Waals surface area contributed by atoms with Gasteiger partial charge in [-0.2, -0.15) is 5.26 Å². The zero-order chi connectivity index (χ0) is 13.5. The first-order valence-corrected chi connectivity index (χ1v) is 6.18. The molecule has 0 amide bonds. The number of nitrogens with zero attached hydrogens (tertiary/aromatic N) is 1. The van der Waals surface area contributed by atoms with E-state index in [4.69, 9.17) is 10.00 Å². The predicted octanol–water partition coefficient (Wildman–Crippen LogP) is 3.51. The fourth-order valence-corrected chi connectivity index (χ4v) is 1.79. The van der Waals surface area contributed by atoms with Gasteiger partial charge in [0.1, 0.15) is 11.8 Å². The summed E-state index contributed by atoms with van der Waals surface area (Å²) in [5, 5.41) is 11.8. The van der Waals surface area contributed by atoms with Gasteiger partial charge in [0.2, 0.25) is 0 Å². The van der Waals surface area contributed by atoms with Crippen molar-refractivity contribution in [3.63, 3.8) is 0 Å². The molecule has 0 saturated heterocycles. The van der Waals surface area contributed by atoms with E-state index >= 15 is 0 Å². The number of para-hydroxylation sites is 1. The molecule has 19 heavy (non-hydrogen) atoms. The van der Waals surface area contributed by atoms with Crippen LogP contribution >= 0.6 is 0 Å². The summed E-state index contributed by atoms with van der Waals surface area (Å²) in [5.74, 6) is 0.723. The maximum absolute atomic E-state index is 8.43. The van der Waals surface area contributed by atoms with Crippen LogP contribution in [-0.2, 0) is 6.54 Å². The topological polar surface area (TPSA) is 45.0 Å². The molecular formula is C16H16N2O. The van der Waals surface area contributed by atoms with E-state index in [1.165, 1.54) is 11.1 Å². The highest BCUT2D eigenvalue weighted by molar-refractivity contribution is 5.50. The van der Waals surface area contributed by atoms with E-state index in [1.807, 2.05) is 42.5 Å². The van der Waals surface area contributed by atoms with E-state index in [9.17, 15) is 0 Å². The van der Waals surface area contributed by atoms with Crippen LogP contribution < -0.4 is 10.1 Å². The number of ether oxygens (including phenoxy) is 1. The van der Waals surface area contributed by atoms with Crippen LogP contribution in [0.15, 0.2) is 48.5 Å². The second kappa shape index (κ2) is 6.46. The van der Waals surface area contributed by atoms with Gasteiger partial charge >= 0.3 is 0 Å². The number of nitrogens with one attached hydrogen (secondary N) is 1. The summed E-state index contributed by atoms with van der Waals surface area (Å²) in [5.41, 5.74) is 3.55. The average Bonchev–Trinajstić information content (AvgIpc) is 2.45. The lowest BCUT2D eigenvalue weighted by molar-refractivity contribution is 0.368. The Morgan fingerprint density at radius 3 is 2.53 bits per heavy atom. The molecule has 3 nitrogen and oxygen atoms in total. The van der Waals surface area contributed by atoms with Crippen molar-refractivity contribution >= 4 is 5.69 Å². The molecule has 0 heterocycles. The van der Waals surface area contributed by atoms with E-state index in [1.54, 1.807) is 0 Å². The van der Waals surface area contributed by atoms with Crippen LogP contribution in [0.3, 0.4) is 0 Å². The van der Waals surface area contributed by atoms with Gasteiger partial charge < -0.3 is 10.1 Å². The molecule has 2 aromatic rings. The first kappa shape index (κ1) is 13.0. The highest BCUT2D eigenvalue weighted by Crippen LogP contribution is 2.16. The van der Waals surface area contributed by atoms with Crippen molar-refractivity contribution in [2.45, 2.75) is 13.5 Å². The van der Waals surface area contributed by atoms with E-state index in [-0.39, 0.29) is 6.61 Å². The number of hydrogen-bond acceptors (Lipinski definition) is 3. The lowest BCUT2D eigenvalue weighted by Gasteiger charge is -2.09. The first-order chi connectivity index (χ1) is 9.29. The van der Waals surface area contributed by atoms with Gasteiger partial charge in [-0.3, -0.25) is 0 Å². The average molecular weight is 252 g/mol. The first-order valence-electron chi connectivity index (χ1n) is 6.18. The Balaban J connectivity index is 1.93. The normalized spacial score (nSPS) is 9.68. The molecule has 3 heteroatoms. The smallest absolute Gasteiger partial charge is 0.174 e. The van der Waals surface area contributed by atoms with Gasteiger partial charge in [-0.25, -0.2) is 0 Å². The zero-order valence-corrected chi connectivity index (χ0v) is 10.9. The van der Waals surface area contributed by atoms with Gasteiger partial charge in [-0.1, -0.05) is 30.3 Å². The Morgan fingerprint density at radius 2 is 1.84 bits per heavy atom. The Bertz CT molecular complexity index is 570. The molecular weight excluding hydrogens is 236 g/mol. The lowest BCUT2D eigenvalue weighted by atomic mass is 10.1. The summed E-state index contributed by atoms with van der Waals surface area (Å²) in [6.07, 6.45) is 0. The summed E-state index contributed by atoms with van der Waals surface area (Å²) < 4.78 is 5.21. The SMILES string of the molecule is Cc1ccccc1NCc1ccc(OCC#N)cc1. The maximum Gasteiger partial charge on any atom is 0.174 e. The third-order valence-electron chi connectivity index (χ3n) is 2.85. The van der Waals surface area contributed by atoms with Crippen molar-refractivity contribution in [3.05, 3.63) is 59.7 Å². The van der Waals surface area contributed by atoms with Gasteiger partial charge in [0.25, 0.3) is 0 Å². The van der Waals surface area contributed by atoms with Gasteiger partial charge in [-0.05, 0) is 36.2 Å². The predicted molar refractivity (Wildman–Crippen MR) is 76.1 cm³/mol. The summed E-state index contributed by atoms with van der Waals surface area (Å²) in [7, 11) is 0. The number of rotatable bonds is 5. The van der Waals surface area contributed by atoms with Crippen molar-refractivity contribution in [2.75, 3.05) is 11.9 Å². The van der Waals surface area contributed by atoms with E-state index < -0.39 is 0 Å². The van der Waals surface area contributed by atoms with Gasteiger partial charge in [0.05, 0.1) is 0 Å². The zero-order valence-electron chi connectivity index (χ0n) is 10.9. The van der Waals surface area contributed by atoms with Crippen molar-refractivity contribution in [1.29, 1.82) is 5.26 Å². The molecule has 0 aromatic heterocycles. The van der Waals surface area contributed by atoms with Crippen molar-refractivity contribution in [1.82, 2.24) is 0 Å². The van der Waals surface area contributed by atoms with Crippen LogP contribution in [0, 0.1) is 18.3 Å². The van der Waals surface area contributed by atoms with Crippen LogP contribution in [0.25, 0.3) is 0 Å². The van der Waals surface area contributed by atoms with Gasteiger partial charge in [0, 0.05) is 12.2 Å². The molecule has 0 radical (unpaired) electrons. The molecule has 96 valence electrons. The molecule has 0 saturated carbocycles. The molecule has 0 aliphatic heterocycles. The molecule has 2 aromatic carbocycles. The molecule has 0 bridgehead atoms. The number of anilines is 1. The highest BCUT2D eigenvalue weighted by atomic mass is 16.5. The molecule has 0 fully saturated rings. The second-order valence-electron chi connectivity index (χ2n) is 4.26.